The van der Waals surface area contributed by atoms with E-state index >= 15 is 0 Å². The maximum atomic E-state index is 12.1. The Morgan fingerprint density at radius 3 is 2.64 bits per heavy atom. The number of hydrogen-bond donors (Lipinski definition) is 2. The summed E-state index contributed by atoms with van der Waals surface area (Å²) in [5.41, 5.74) is 1.77. The number of piperidine rings is 1. The highest BCUT2D eigenvalue weighted by Gasteiger charge is 2.18. The Balaban J connectivity index is 1.48. The van der Waals surface area contributed by atoms with Gasteiger partial charge in [0.15, 0.2) is 10.9 Å². The number of nitrogens with zero attached hydrogens (tertiary/aromatic N) is 1. The topological polar surface area (TPSA) is 71.1 Å². The second-order valence-corrected chi connectivity index (χ2v) is 7.49. The molecule has 0 spiro atoms. The van der Waals surface area contributed by atoms with Crippen LogP contribution < -0.4 is 10.6 Å². The molecule has 2 N–H and O–H groups in total. The van der Waals surface area contributed by atoms with E-state index in [1.807, 2.05) is 37.4 Å². The molecule has 3 rings (SSSR count). The van der Waals surface area contributed by atoms with Gasteiger partial charge >= 0.3 is 0 Å². The molecular formula is C19H23N3O2S. The Morgan fingerprint density at radius 2 is 1.92 bits per heavy atom. The molecule has 1 aromatic carbocycles. The lowest BCUT2D eigenvalue weighted by molar-refractivity contribution is -0.116. The first-order valence-electron chi connectivity index (χ1n) is 8.68. The van der Waals surface area contributed by atoms with Crippen molar-refractivity contribution in [1.29, 1.82) is 0 Å². The Kier molecular flexibility index (Phi) is 5.94. The number of hydrogen-bond acceptors (Lipinski definition) is 5. The van der Waals surface area contributed by atoms with Crippen LogP contribution in [-0.2, 0) is 4.79 Å². The first-order chi connectivity index (χ1) is 12.1. The molecule has 0 saturated carbocycles. The number of anilines is 1. The van der Waals surface area contributed by atoms with E-state index in [0.717, 1.165) is 31.5 Å². The fourth-order valence-corrected chi connectivity index (χ4v) is 3.93. The fraction of sp³-hybridized carbons (Fsp3) is 0.421. The molecule has 6 heteroatoms. The maximum Gasteiger partial charge on any atom is 0.226 e. The first-order valence-corrected chi connectivity index (χ1v) is 9.49. The summed E-state index contributed by atoms with van der Waals surface area (Å²) in [6, 6.07) is 7.43. The predicted octanol–water partition coefficient (Wildman–Crippen LogP) is 3.52. The van der Waals surface area contributed by atoms with Gasteiger partial charge in [-0.2, -0.15) is 0 Å². The third kappa shape index (κ3) is 4.96. The molecule has 2 aromatic rings. The minimum absolute atomic E-state index is 0.00955. The number of carbonyl (C=O) groups is 2. The summed E-state index contributed by atoms with van der Waals surface area (Å²) in [6.07, 6.45) is 4.48. The van der Waals surface area contributed by atoms with Crippen LogP contribution in [0.2, 0.25) is 0 Å². The fourth-order valence-electron chi connectivity index (χ4n) is 2.93. The van der Waals surface area contributed by atoms with Crippen molar-refractivity contribution in [2.24, 2.45) is 0 Å². The number of carbonyl (C=O) groups excluding carboxylic acids is 2. The van der Waals surface area contributed by atoms with Gasteiger partial charge < -0.3 is 10.6 Å². The van der Waals surface area contributed by atoms with E-state index < -0.39 is 0 Å². The summed E-state index contributed by atoms with van der Waals surface area (Å²) in [5, 5.41) is 6.79. The van der Waals surface area contributed by atoms with E-state index in [0.29, 0.717) is 16.6 Å². The summed E-state index contributed by atoms with van der Waals surface area (Å²) in [7, 11) is 0. The van der Waals surface area contributed by atoms with Crippen molar-refractivity contribution in [2.45, 2.75) is 38.5 Å². The van der Waals surface area contributed by atoms with Gasteiger partial charge in [-0.15, -0.1) is 11.3 Å². The number of aryl methyl sites for hydroxylation is 1. The van der Waals surface area contributed by atoms with Crippen LogP contribution in [0.3, 0.4) is 0 Å². The molecule has 2 heterocycles. The lowest BCUT2D eigenvalue weighted by Gasteiger charge is -2.20. The molecular weight excluding hydrogens is 334 g/mol. The zero-order valence-corrected chi connectivity index (χ0v) is 15.2. The number of amides is 1. The largest absolute Gasteiger partial charge is 0.317 e. The lowest BCUT2D eigenvalue weighted by Crippen LogP contribution is -2.26. The molecule has 5 nitrogen and oxygen atoms in total. The van der Waals surface area contributed by atoms with Crippen LogP contribution in [0.5, 0.6) is 0 Å². The first kappa shape index (κ1) is 17.8. The lowest BCUT2D eigenvalue weighted by atomic mass is 9.97. The van der Waals surface area contributed by atoms with Crippen molar-refractivity contribution in [3.8, 4) is 0 Å². The summed E-state index contributed by atoms with van der Waals surface area (Å²) in [4.78, 5) is 29.7. The number of Topliss-reactive ketones (excluding diaryl/α,β-unsaturated/α-hetero) is 1. The highest BCUT2D eigenvalue weighted by atomic mass is 32.1. The minimum atomic E-state index is -0.160. The third-order valence-corrected chi connectivity index (χ3v) is 5.54. The smallest absolute Gasteiger partial charge is 0.226 e. The average Bonchev–Trinajstić information content (AvgIpc) is 3.09. The number of rotatable bonds is 6. The average molecular weight is 357 g/mol. The normalized spacial score (nSPS) is 15.1. The van der Waals surface area contributed by atoms with Gasteiger partial charge in [-0.25, -0.2) is 4.98 Å². The minimum Gasteiger partial charge on any atom is -0.317 e. The van der Waals surface area contributed by atoms with Crippen molar-refractivity contribution in [2.75, 3.05) is 18.4 Å². The van der Waals surface area contributed by atoms with Crippen LogP contribution in [0.15, 0.2) is 30.5 Å². The standard InChI is InChI=1S/C19H23N3O2S/c1-13-2-4-14(5-3-13)16(23)6-7-18(24)22-19-21-12-17(25-19)15-8-10-20-11-9-15/h2-5,12,15,20H,6-11H2,1H3,(H,21,22,24). The molecule has 1 saturated heterocycles. The summed E-state index contributed by atoms with van der Waals surface area (Å²) >= 11 is 1.54. The second kappa shape index (κ2) is 8.36. The van der Waals surface area contributed by atoms with Crippen LogP contribution in [0.1, 0.15) is 52.4 Å². The van der Waals surface area contributed by atoms with Crippen molar-refractivity contribution in [3.05, 3.63) is 46.5 Å². The van der Waals surface area contributed by atoms with Crippen molar-refractivity contribution in [1.82, 2.24) is 10.3 Å². The van der Waals surface area contributed by atoms with E-state index in [-0.39, 0.29) is 24.5 Å². The molecule has 0 bridgehead atoms. The molecule has 1 fully saturated rings. The Bertz CT molecular complexity index is 733. The van der Waals surface area contributed by atoms with Gasteiger partial charge in [0, 0.05) is 29.5 Å². The highest BCUT2D eigenvalue weighted by molar-refractivity contribution is 7.15. The van der Waals surface area contributed by atoms with Gasteiger partial charge in [0.05, 0.1) is 0 Å². The molecule has 1 aliphatic heterocycles. The monoisotopic (exact) mass is 357 g/mol. The van der Waals surface area contributed by atoms with Crippen LogP contribution >= 0.6 is 11.3 Å². The van der Waals surface area contributed by atoms with E-state index in [2.05, 4.69) is 15.6 Å². The second-order valence-electron chi connectivity index (χ2n) is 6.43. The number of benzene rings is 1. The van der Waals surface area contributed by atoms with E-state index in [1.165, 1.54) is 4.88 Å². The van der Waals surface area contributed by atoms with Gasteiger partial charge in [-0.3, -0.25) is 9.59 Å². The Labute approximate surface area is 151 Å². The molecule has 0 radical (unpaired) electrons. The third-order valence-electron chi connectivity index (χ3n) is 4.46. The van der Waals surface area contributed by atoms with Crippen LogP contribution in [0.25, 0.3) is 0 Å². The number of aromatic nitrogens is 1. The zero-order chi connectivity index (χ0) is 17.6. The molecule has 1 amide bonds. The molecule has 1 aromatic heterocycles. The quantitative estimate of drug-likeness (QED) is 0.776. The predicted molar refractivity (Wildman–Crippen MR) is 100 cm³/mol. The van der Waals surface area contributed by atoms with Crippen LogP contribution in [-0.4, -0.2) is 29.8 Å². The summed E-state index contributed by atoms with van der Waals surface area (Å²) in [6.45, 7) is 4.05. The van der Waals surface area contributed by atoms with Gasteiger partial charge in [-0.1, -0.05) is 29.8 Å². The van der Waals surface area contributed by atoms with Crippen molar-refractivity contribution >= 4 is 28.2 Å². The number of nitrogens with one attached hydrogen (secondary N) is 2. The molecule has 132 valence electrons. The SMILES string of the molecule is Cc1ccc(C(=O)CCC(=O)Nc2ncc(C3CCNCC3)s2)cc1. The number of thiazole rings is 1. The van der Waals surface area contributed by atoms with Crippen molar-refractivity contribution < 1.29 is 9.59 Å². The van der Waals surface area contributed by atoms with Gasteiger partial charge in [0.2, 0.25) is 5.91 Å². The van der Waals surface area contributed by atoms with Crippen molar-refractivity contribution in [3.63, 3.8) is 0 Å². The van der Waals surface area contributed by atoms with E-state index in [9.17, 15) is 9.59 Å². The molecule has 0 unspecified atom stereocenters. The highest BCUT2D eigenvalue weighted by Crippen LogP contribution is 2.31. The van der Waals surface area contributed by atoms with Gasteiger partial charge in [-0.05, 0) is 38.8 Å². The van der Waals surface area contributed by atoms with E-state index in [1.54, 1.807) is 11.3 Å². The summed E-state index contributed by atoms with van der Waals surface area (Å²) < 4.78 is 0. The zero-order valence-electron chi connectivity index (χ0n) is 14.4. The molecule has 1 aliphatic rings. The maximum absolute atomic E-state index is 12.1. The summed E-state index contributed by atoms with van der Waals surface area (Å²) in [5.74, 6) is 0.365. The van der Waals surface area contributed by atoms with E-state index in [4.69, 9.17) is 0 Å². The van der Waals surface area contributed by atoms with Gasteiger partial charge in [0.25, 0.3) is 0 Å². The molecule has 0 aliphatic carbocycles. The molecule has 25 heavy (non-hydrogen) atoms. The Morgan fingerprint density at radius 1 is 1.20 bits per heavy atom. The molecule has 0 atom stereocenters. The van der Waals surface area contributed by atoms with Crippen LogP contribution in [0.4, 0.5) is 5.13 Å². The van der Waals surface area contributed by atoms with Gasteiger partial charge in [0.1, 0.15) is 0 Å². The Hall–Kier alpha value is -2.05. The number of ketones is 1. The van der Waals surface area contributed by atoms with Crippen LogP contribution in [0, 0.1) is 6.92 Å².